The second-order valence-corrected chi connectivity index (χ2v) is 5.50. The van der Waals surface area contributed by atoms with Gasteiger partial charge in [0, 0.05) is 30.8 Å². The minimum absolute atomic E-state index is 0.124. The summed E-state index contributed by atoms with van der Waals surface area (Å²) < 4.78 is 12.8. The van der Waals surface area contributed by atoms with Crippen LogP contribution in [0.1, 0.15) is 28.8 Å². The third-order valence-corrected chi connectivity index (χ3v) is 3.88. The van der Waals surface area contributed by atoms with Crippen LogP contribution >= 0.6 is 0 Å². The smallest absolute Gasteiger partial charge is 0.251 e. The van der Waals surface area contributed by atoms with E-state index in [0.29, 0.717) is 18.5 Å². The number of amides is 2. The average molecular weight is 312 g/mol. The standard InChI is InChI=1S/C18H17FN2O2/c19-15-7-3-13(4-8-15)12-20-18(23)14-5-9-16(10-6-14)21-11-1-2-17(21)22/h3-10H,1-2,11-12H2,(H,20,23). The van der Waals surface area contributed by atoms with Crippen molar-refractivity contribution < 1.29 is 14.0 Å². The minimum Gasteiger partial charge on any atom is -0.348 e. The van der Waals surface area contributed by atoms with Crippen LogP contribution in [0.5, 0.6) is 0 Å². The first kappa shape index (κ1) is 15.2. The summed E-state index contributed by atoms with van der Waals surface area (Å²) in [5, 5.41) is 2.79. The largest absolute Gasteiger partial charge is 0.348 e. The highest BCUT2D eigenvalue weighted by molar-refractivity contribution is 5.97. The lowest BCUT2D eigenvalue weighted by Gasteiger charge is -2.15. The number of carbonyl (C=O) groups excluding carboxylic acids is 2. The van der Waals surface area contributed by atoms with Crippen LogP contribution in [0.4, 0.5) is 10.1 Å². The van der Waals surface area contributed by atoms with Crippen molar-refractivity contribution in [1.82, 2.24) is 5.32 Å². The van der Waals surface area contributed by atoms with Gasteiger partial charge in [0.05, 0.1) is 0 Å². The van der Waals surface area contributed by atoms with Crippen molar-refractivity contribution in [2.45, 2.75) is 19.4 Å². The fourth-order valence-electron chi connectivity index (χ4n) is 2.60. The molecule has 4 nitrogen and oxygen atoms in total. The molecule has 2 aromatic carbocycles. The molecule has 1 saturated heterocycles. The van der Waals surface area contributed by atoms with Crippen LogP contribution in [-0.2, 0) is 11.3 Å². The molecular formula is C18H17FN2O2. The number of nitrogens with zero attached hydrogens (tertiary/aromatic N) is 1. The Morgan fingerprint density at radius 3 is 2.39 bits per heavy atom. The van der Waals surface area contributed by atoms with Gasteiger partial charge in [0.15, 0.2) is 0 Å². The normalized spacial score (nSPS) is 14.1. The zero-order valence-electron chi connectivity index (χ0n) is 12.6. The summed E-state index contributed by atoms with van der Waals surface area (Å²) in [6, 6.07) is 13.0. The molecule has 0 radical (unpaired) electrons. The van der Waals surface area contributed by atoms with Crippen LogP contribution in [0.15, 0.2) is 48.5 Å². The van der Waals surface area contributed by atoms with E-state index < -0.39 is 0 Å². The molecule has 1 aliphatic rings. The van der Waals surface area contributed by atoms with Gasteiger partial charge in [0.25, 0.3) is 5.91 Å². The van der Waals surface area contributed by atoms with Crippen LogP contribution < -0.4 is 10.2 Å². The predicted octanol–water partition coefficient (Wildman–Crippen LogP) is 2.88. The third-order valence-electron chi connectivity index (χ3n) is 3.88. The molecule has 3 rings (SSSR count). The fourth-order valence-corrected chi connectivity index (χ4v) is 2.60. The van der Waals surface area contributed by atoms with Gasteiger partial charge in [-0.25, -0.2) is 4.39 Å². The van der Waals surface area contributed by atoms with E-state index in [-0.39, 0.29) is 17.6 Å². The molecule has 118 valence electrons. The van der Waals surface area contributed by atoms with E-state index in [2.05, 4.69) is 5.32 Å². The molecule has 23 heavy (non-hydrogen) atoms. The molecule has 0 unspecified atom stereocenters. The van der Waals surface area contributed by atoms with Crippen molar-refractivity contribution >= 4 is 17.5 Å². The van der Waals surface area contributed by atoms with Gasteiger partial charge >= 0.3 is 0 Å². The van der Waals surface area contributed by atoms with Crippen molar-refractivity contribution in [3.05, 3.63) is 65.5 Å². The van der Waals surface area contributed by atoms with E-state index >= 15 is 0 Å². The van der Waals surface area contributed by atoms with E-state index in [9.17, 15) is 14.0 Å². The Balaban J connectivity index is 1.61. The van der Waals surface area contributed by atoms with Crippen molar-refractivity contribution in [3.63, 3.8) is 0 Å². The molecule has 0 aliphatic carbocycles. The van der Waals surface area contributed by atoms with E-state index in [0.717, 1.165) is 24.2 Å². The van der Waals surface area contributed by atoms with E-state index in [4.69, 9.17) is 0 Å². The average Bonchev–Trinajstić information content (AvgIpc) is 3.00. The number of carbonyl (C=O) groups is 2. The first-order valence-electron chi connectivity index (χ1n) is 7.56. The first-order chi connectivity index (χ1) is 11.1. The molecule has 0 spiro atoms. The molecule has 2 amide bonds. The Kier molecular flexibility index (Phi) is 4.37. The summed E-state index contributed by atoms with van der Waals surface area (Å²) in [5.41, 5.74) is 2.18. The highest BCUT2D eigenvalue weighted by Gasteiger charge is 2.21. The molecule has 0 atom stereocenters. The lowest BCUT2D eigenvalue weighted by molar-refractivity contribution is -0.117. The SMILES string of the molecule is O=C(NCc1ccc(F)cc1)c1ccc(N2CCCC2=O)cc1. The number of hydrogen-bond donors (Lipinski definition) is 1. The van der Waals surface area contributed by atoms with Gasteiger partial charge in [0.2, 0.25) is 5.91 Å². The lowest BCUT2D eigenvalue weighted by Crippen LogP contribution is -2.24. The lowest BCUT2D eigenvalue weighted by atomic mass is 10.1. The van der Waals surface area contributed by atoms with E-state index in [1.54, 1.807) is 41.3 Å². The minimum atomic E-state index is -0.299. The fraction of sp³-hybridized carbons (Fsp3) is 0.222. The summed E-state index contributed by atoms with van der Waals surface area (Å²) in [6.45, 7) is 1.07. The molecule has 0 bridgehead atoms. The van der Waals surface area contributed by atoms with Gasteiger partial charge in [-0.2, -0.15) is 0 Å². The van der Waals surface area contributed by atoms with Crippen molar-refractivity contribution in [2.75, 3.05) is 11.4 Å². The quantitative estimate of drug-likeness (QED) is 0.944. The van der Waals surface area contributed by atoms with Crippen LogP contribution in [0.25, 0.3) is 0 Å². The van der Waals surface area contributed by atoms with Gasteiger partial charge < -0.3 is 10.2 Å². The maximum absolute atomic E-state index is 12.8. The van der Waals surface area contributed by atoms with Gasteiger partial charge in [-0.15, -0.1) is 0 Å². The van der Waals surface area contributed by atoms with Crippen molar-refractivity contribution in [2.24, 2.45) is 0 Å². The number of rotatable bonds is 4. The third kappa shape index (κ3) is 3.56. The molecule has 1 aliphatic heterocycles. The summed E-state index contributed by atoms with van der Waals surface area (Å²) in [7, 11) is 0. The maximum atomic E-state index is 12.8. The number of hydrogen-bond acceptors (Lipinski definition) is 2. The van der Waals surface area contributed by atoms with Crippen LogP contribution in [0.3, 0.4) is 0 Å². The van der Waals surface area contributed by atoms with Crippen LogP contribution in [0, 0.1) is 5.82 Å². The molecule has 5 heteroatoms. The maximum Gasteiger partial charge on any atom is 0.251 e. The zero-order valence-corrected chi connectivity index (χ0v) is 12.6. The van der Waals surface area contributed by atoms with Crippen LogP contribution in [0.2, 0.25) is 0 Å². The number of anilines is 1. The van der Waals surface area contributed by atoms with Gasteiger partial charge in [-0.3, -0.25) is 9.59 Å². The summed E-state index contributed by atoms with van der Waals surface area (Å²) in [4.78, 5) is 25.5. The summed E-state index contributed by atoms with van der Waals surface area (Å²) >= 11 is 0. The Labute approximate surface area is 133 Å². The number of halogens is 1. The second kappa shape index (κ2) is 6.60. The highest BCUT2D eigenvalue weighted by atomic mass is 19.1. The van der Waals surface area contributed by atoms with Crippen molar-refractivity contribution in [1.29, 1.82) is 0 Å². The molecule has 0 saturated carbocycles. The van der Waals surface area contributed by atoms with Gasteiger partial charge in [0.1, 0.15) is 5.82 Å². The van der Waals surface area contributed by atoms with Gasteiger partial charge in [-0.1, -0.05) is 12.1 Å². The Morgan fingerprint density at radius 2 is 1.78 bits per heavy atom. The second-order valence-electron chi connectivity index (χ2n) is 5.50. The topological polar surface area (TPSA) is 49.4 Å². The number of benzene rings is 2. The molecule has 0 aromatic heterocycles. The zero-order chi connectivity index (χ0) is 16.2. The van der Waals surface area contributed by atoms with E-state index in [1.807, 2.05) is 0 Å². The summed E-state index contributed by atoms with van der Waals surface area (Å²) in [6.07, 6.45) is 1.46. The summed E-state index contributed by atoms with van der Waals surface area (Å²) in [5.74, 6) is -0.376. The molecular weight excluding hydrogens is 295 g/mol. The predicted molar refractivity (Wildman–Crippen MR) is 85.6 cm³/mol. The van der Waals surface area contributed by atoms with Crippen molar-refractivity contribution in [3.8, 4) is 0 Å². The van der Waals surface area contributed by atoms with Gasteiger partial charge in [-0.05, 0) is 48.4 Å². The molecule has 2 aromatic rings. The Bertz CT molecular complexity index is 711. The molecule has 1 heterocycles. The molecule has 1 N–H and O–H groups in total. The molecule has 1 fully saturated rings. The van der Waals surface area contributed by atoms with E-state index in [1.165, 1.54) is 12.1 Å². The highest BCUT2D eigenvalue weighted by Crippen LogP contribution is 2.21. The Morgan fingerprint density at radius 1 is 1.09 bits per heavy atom. The first-order valence-corrected chi connectivity index (χ1v) is 7.56. The van der Waals surface area contributed by atoms with Crippen LogP contribution in [-0.4, -0.2) is 18.4 Å². The monoisotopic (exact) mass is 312 g/mol. The Hall–Kier alpha value is -2.69. The number of nitrogens with one attached hydrogen (secondary N) is 1.